The second kappa shape index (κ2) is 55.6. The van der Waals surface area contributed by atoms with E-state index in [9.17, 15) is 14.4 Å². The van der Waals surface area contributed by atoms with Crippen LogP contribution in [0.25, 0.3) is 0 Å². The average molecular weight is 949 g/mol. The molecule has 0 aromatic carbocycles. The SMILES string of the molecule is CC/C=C\C/C=C\C/C=C\C/C=C\C/C=C\CCCCCC(=O)O[C@H](COC(=O)CCC/C=C\C/C=C\C/C=C\C/C=C\C/C=C\CC)COC(=O)CCCCCCC/C=C\C/C=C\C/C=C\CC. The lowest BCUT2D eigenvalue weighted by molar-refractivity contribution is -0.167. The van der Waals surface area contributed by atoms with Crippen molar-refractivity contribution >= 4 is 17.9 Å². The van der Waals surface area contributed by atoms with E-state index in [1.54, 1.807) is 0 Å². The minimum Gasteiger partial charge on any atom is -0.462 e. The number of unbranched alkanes of at least 4 members (excludes halogenated alkanes) is 9. The summed E-state index contributed by atoms with van der Waals surface area (Å²) in [5.41, 5.74) is 0. The van der Waals surface area contributed by atoms with Crippen molar-refractivity contribution in [3.05, 3.63) is 158 Å². The van der Waals surface area contributed by atoms with Crippen LogP contribution in [0.5, 0.6) is 0 Å². The first-order chi connectivity index (χ1) is 34.0. The fraction of sp³-hybridized carbons (Fsp3) is 0.540. The van der Waals surface area contributed by atoms with Gasteiger partial charge in [-0.1, -0.05) is 204 Å². The highest BCUT2D eigenvalue weighted by Crippen LogP contribution is 2.11. The molecule has 0 heterocycles. The van der Waals surface area contributed by atoms with Crippen LogP contribution in [0.15, 0.2) is 158 Å². The second-order valence-electron chi connectivity index (χ2n) is 17.0. The Morgan fingerprint density at radius 3 is 0.884 bits per heavy atom. The molecule has 0 saturated carbocycles. The zero-order chi connectivity index (χ0) is 50.0. The van der Waals surface area contributed by atoms with E-state index in [0.29, 0.717) is 19.3 Å². The van der Waals surface area contributed by atoms with Crippen molar-refractivity contribution in [3.8, 4) is 0 Å². The fourth-order valence-electron chi connectivity index (χ4n) is 6.58. The summed E-state index contributed by atoms with van der Waals surface area (Å²) >= 11 is 0. The van der Waals surface area contributed by atoms with Gasteiger partial charge in [-0.15, -0.1) is 0 Å². The summed E-state index contributed by atoms with van der Waals surface area (Å²) in [5.74, 6) is -1.05. The van der Waals surface area contributed by atoms with Gasteiger partial charge in [0, 0.05) is 19.3 Å². The third-order valence-corrected chi connectivity index (χ3v) is 10.5. The maximum Gasteiger partial charge on any atom is 0.306 e. The predicted octanol–water partition coefficient (Wildman–Crippen LogP) is 18.2. The number of allylic oxidation sites excluding steroid dienone is 26. The minimum absolute atomic E-state index is 0.126. The zero-order valence-electron chi connectivity index (χ0n) is 43.8. The lowest BCUT2D eigenvalue weighted by atomic mass is 10.1. The number of carbonyl (C=O) groups excluding carboxylic acids is 3. The maximum absolute atomic E-state index is 12.8. The number of hydrogen-bond acceptors (Lipinski definition) is 6. The summed E-state index contributed by atoms with van der Waals surface area (Å²) in [4.78, 5) is 38.1. The van der Waals surface area contributed by atoms with E-state index in [1.807, 2.05) is 0 Å². The summed E-state index contributed by atoms with van der Waals surface area (Å²) in [7, 11) is 0. The number of carbonyl (C=O) groups is 3. The molecule has 6 heteroatoms. The summed E-state index contributed by atoms with van der Waals surface area (Å²) in [6, 6.07) is 0. The number of esters is 3. The molecular formula is C63H96O6. The first-order valence-electron chi connectivity index (χ1n) is 27.0. The summed E-state index contributed by atoms with van der Waals surface area (Å²) in [5, 5.41) is 0. The Balaban J connectivity index is 4.61. The Hall–Kier alpha value is -4.97. The Bertz CT molecular complexity index is 1610. The van der Waals surface area contributed by atoms with Crippen molar-refractivity contribution in [1.29, 1.82) is 0 Å². The monoisotopic (exact) mass is 949 g/mol. The van der Waals surface area contributed by atoms with Gasteiger partial charge in [-0.05, 0) is 135 Å². The van der Waals surface area contributed by atoms with Gasteiger partial charge in [0.05, 0.1) is 0 Å². The molecular weight excluding hydrogens is 853 g/mol. The van der Waals surface area contributed by atoms with Crippen LogP contribution >= 0.6 is 0 Å². The molecule has 0 aliphatic rings. The van der Waals surface area contributed by atoms with Crippen LogP contribution < -0.4 is 0 Å². The normalized spacial score (nSPS) is 13.4. The molecule has 0 aromatic rings. The number of rotatable bonds is 46. The van der Waals surface area contributed by atoms with Crippen LogP contribution in [-0.4, -0.2) is 37.2 Å². The van der Waals surface area contributed by atoms with Crippen LogP contribution in [-0.2, 0) is 28.6 Å². The van der Waals surface area contributed by atoms with Gasteiger partial charge in [0.15, 0.2) is 6.10 Å². The largest absolute Gasteiger partial charge is 0.462 e. The molecule has 6 nitrogen and oxygen atoms in total. The van der Waals surface area contributed by atoms with Crippen molar-refractivity contribution in [1.82, 2.24) is 0 Å². The van der Waals surface area contributed by atoms with Gasteiger partial charge in [-0.3, -0.25) is 14.4 Å². The molecule has 0 amide bonds. The molecule has 0 spiro atoms. The molecule has 0 unspecified atom stereocenters. The molecule has 0 aliphatic carbocycles. The van der Waals surface area contributed by atoms with Crippen LogP contribution in [0.1, 0.15) is 201 Å². The first kappa shape index (κ1) is 64.0. The highest BCUT2D eigenvalue weighted by molar-refractivity contribution is 5.71. The summed E-state index contributed by atoms with van der Waals surface area (Å²) in [6.07, 6.45) is 80.9. The molecule has 0 aliphatic heterocycles. The van der Waals surface area contributed by atoms with Crippen LogP contribution in [0.2, 0.25) is 0 Å². The molecule has 1 atom stereocenters. The molecule has 0 bridgehead atoms. The highest BCUT2D eigenvalue weighted by atomic mass is 16.6. The fourth-order valence-corrected chi connectivity index (χ4v) is 6.58. The third kappa shape index (κ3) is 53.8. The summed E-state index contributed by atoms with van der Waals surface area (Å²) in [6.45, 7) is 6.18. The van der Waals surface area contributed by atoms with Gasteiger partial charge in [-0.25, -0.2) is 0 Å². The van der Waals surface area contributed by atoms with E-state index in [-0.39, 0.29) is 44.0 Å². The van der Waals surface area contributed by atoms with E-state index in [2.05, 4.69) is 179 Å². The van der Waals surface area contributed by atoms with Gasteiger partial charge in [0.1, 0.15) is 13.2 Å². The lowest BCUT2D eigenvalue weighted by Gasteiger charge is -2.18. The van der Waals surface area contributed by atoms with Crippen molar-refractivity contribution in [2.75, 3.05) is 13.2 Å². The van der Waals surface area contributed by atoms with Crippen molar-refractivity contribution in [2.45, 2.75) is 207 Å². The summed E-state index contributed by atoms with van der Waals surface area (Å²) < 4.78 is 16.7. The molecule has 384 valence electrons. The molecule has 69 heavy (non-hydrogen) atoms. The Morgan fingerprint density at radius 2 is 0.536 bits per heavy atom. The predicted molar refractivity (Wildman–Crippen MR) is 297 cm³/mol. The van der Waals surface area contributed by atoms with E-state index in [0.717, 1.165) is 148 Å². The van der Waals surface area contributed by atoms with E-state index >= 15 is 0 Å². The van der Waals surface area contributed by atoms with Crippen molar-refractivity contribution in [2.24, 2.45) is 0 Å². The molecule has 0 N–H and O–H groups in total. The Morgan fingerprint density at radius 1 is 0.290 bits per heavy atom. The van der Waals surface area contributed by atoms with E-state index in [1.165, 1.54) is 0 Å². The van der Waals surface area contributed by atoms with Gasteiger partial charge in [0.25, 0.3) is 0 Å². The topological polar surface area (TPSA) is 78.9 Å². The van der Waals surface area contributed by atoms with Crippen LogP contribution in [0.3, 0.4) is 0 Å². The average Bonchev–Trinajstić information content (AvgIpc) is 3.35. The molecule has 0 rings (SSSR count). The number of hydrogen-bond donors (Lipinski definition) is 0. The van der Waals surface area contributed by atoms with Crippen LogP contribution in [0, 0.1) is 0 Å². The first-order valence-corrected chi connectivity index (χ1v) is 27.0. The maximum atomic E-state index is 12.8. The van der Waals surface area contributed by atoms with Gasteiger partial charge < -0.3 is 14.2 Å². The minimum atomic E-state index is -0.834. The molecule has 0 radical (unpaired) electrons. The van der Waals surface area contributed by atoms with E-state index in [4.69, 9.17) is 14.2 Å². The highest BCUT2D eigenvalue weighted by Gasteiger charge is 2.19. The second-order valence-corrected chi connectivity index (χ2v) is 17.0. The van der Waals surface area contributed by atoms with Crippen LogP contribution in [0.4, 0.5) is 0 Å². The zero-order valence-corrected chi connectivity index (χ0v) is 43.8. The number of ether oxygens (including phenoxy) is 3. The van der Waals surface area contributed by atoms with Gasteiger partial charge in [0.2, 0.25) is 0 Å². The Kier molecular flexibility index (Phi) is 51.6. The quantitative estimate of drug-likeness (QED) is 0.0262. The van der Waals surface area contributed by atoms with Gasteiger partial charge >= 0.3 is 17.9 Å². The Labute approximate surface area is 422 Å². The molecule has 0 saturated heterocycles. The molecule has 0 aromatic heterocycles. The lowest BCUT2D eigenvalue weighted by Crippen LogP contribution is -2.30. The third-order valence-electron chi connectivity index (χ3n) is 10.5. The van der Waals surface area contributed by atoms with Gasteiger partial charge in [-0.2, -0.15) is 0 Å². The molecule has 0 fully saturated rings. The standard InChI is InChI=1S/C63H96O6/c1-4-7-10-13-16-19-22-25-28-30-31-33-36-39-42-45-48-51-54-57-63(66)69-60(58-67-61(64)55-52-49-46-43-40-37-34-27-24-21-18-15-12-9-6-3)59-68-62(65)56-53-50-47-44-41-38-35-32-29-26-23-20-17-14-11-8-5-2/h7-12,16-21,25-29,31,33-35,38-39,42,44,47,60H,4-6,13-15,22-24,30,32,36-37,40-41,43,45-46,48-59H2,1-3H3/b10-7-,11-8-,12-9-,19-16-,20-17-,21-18-,28-25-,29-26-,33-31-,34-27-,38-35-,42-39-,47-44-/t60-/m0/s1. The smallest absolute Gasteiger partial charge is 0.306 e. The van der Waals surface area contributed by atoms with E-state index < -0.39 is 6.10 Å². The van der Waals surface area contributed by atoms with Crippen molar-refractivity contribution in [3.63, 3.8) is 0 Å². The van der Waals surface area contributed by atoms with Crippen molar-refractivity contribution < 1.29 is 28.6 Å².